The summed E-state index contributed by atoms with van der Waals surface area (Å²) in [4.78, 5) is 17.4. The van der Waals surface area contributed by atoms with Crippen molar-refractivity contribution in [2.24, 2.45) is 0 Å². The van der Waals surface area contributed by atoms with E-state index in [0.717, 1.165) is 0 Å². The number of carbonyl (C=O) groups is 1. The molecule has 6 heteroatoms. The Morgan fingerprint density at radius 2 is 2.50 bits per heavy atom. The van der Waals surface area contributed by atoms with Crippen LogP contribution in [0, 0.1) is 6.92 Å². The summed E-state index contributed by atoms with van der Waals surface area (Å²) in [5, 5.41) is 3.81. The Kier molecular flexibility index (Phi) is 3.00. The number of aromatic nitrogens is 2. The number of nitrogens with zero attached hydrogens (tertiary/aromatic N) is 3. The summed E-state index contributed by atoms with van der Waals surface area (Å²) in [5.41, 5.74) is 0. The molecule has 0 saturated carbocycles. The van der Waals surface area contributed by atoms with Crippen LogP contribution in [0.25, 0.3) is 0 Å². The molecule has 0 bridgehead atoms. The van der Waals surface area contributed by atoms with Gasteiger partial charge in [0.2, 0.25) is 11.8 Å². The Bertz CT molecular complexity index is 402. The molecule has 0 unspecified atom stereocenters. The van der Waals surface area contributed by atoms with Gasteiger partial charge in [-0.2, -0.15) is 4.98 Å². The number of morpholine rings is 1. The van der Waals surface area contributed by atoms with Gasteiger partial charge >= 0.3 is 0 Å². The fourth-order valence-electron chi connectivity index (χ4n) is 1.65. The monoisotopic (exact) mass is 223 g/mol. The molecule has 86 valence electrons. The molecule has 1 aliphatic heterocycles. The van der Waals surface area contributed by atoms with Crippen LogP contribution >= 0.6 is 0 Å². The molecule has 6 nitrogen and oxygen atoms in total. The molecular formula is C10H13N3O3. The highest BCUT2D eigenvalue weighted by Gasteiger charge is 2.30. The molecule has 1 aromatic rings. The first-order valence-electron chi connectivity index (χ1n) is 5.03. The average molecular weight is 223 g/mol. The predicted molar refractivity (Wildman–Crippen MR) is 54.5 cm³/mol. The fourth-order valence-corrected chi connectivity index (χ4v) is 1.65. The van der Waals surface area contributed by atoms with Crippen LogP contribution in [0.4, 0.5) is 0 Å². The second kappa shape index (κ2) is 4.44. The largest absolute Gasteiger partial charge is 0.377 e. The van der Waals surface area contributed by atoms with E-state index >= 15 is 0 Å². The van der Waals surface area contributed by atoms with Gasteiger partial charge in [-0.3, -0.25) is 4.79 Å². The van der Waals surface area contributed by atoms with Gasteiger partial charge < -0.3 is 14.2 Å². The van der Waals surface area contributed by atoms with E-state index in [1.165, 1.54) is 6.08 Å². The Labute approximate surface area is 92.9 Å². The molecule has 1 saturated heterocycles. The maximum atomic E-state index is 11.6. The highest BCUT2D eigenvalue weighted by molar-refractivity contribution is 5.87. The predicted octanol–water partition coefficient (Wildman–Crippen LogP) is 0.464. The van der Waals surface area contributed by atoms with Crippen molar-refractivity contribution in [1.29, 1.82) is 0 Å². The lowest BCUT2D eigenvalue weighted by atomic mass is 10.2. The number of hydrogen-bond acceptors (Lipinski definition) is 5. The van der Waals surface area contributed by atoms with Gasteiger partial charge in [-0.15, -0.1) is 0 Å². The van der Waals surface area contributed by atoms with Gasteiger partial charge in [0.25, 0.3) is 0 Å². The molecule has 2 heterocycles. The second-order valence-corrected chi connectivity index (χ2v) is 3.50. The lowest BCUT2D eigenvalue weighted by molar-refractivity contribution is -0.135. The van der Waals surface area contributed by atoms with Gasteiger partial charge in [-0.05, 0) is 6.08 Å². The summed E-state index contributed by atoms with van der Waals surface area (Å²) in [5.74, 6) is 0.815. The molecule has 1 fully saturated rings. The zero-order chi connectivity index (χ0) is 11.5. The molecule has 1 atom stereocenters. The van der Waals surface area contributed by atoms with Crippen molar-refractivity contribution in [3.63, 3.8) is 0 Å². The van der Waals surface area contributed by atoms with Crippen molar-refractivity contribution in [2.75, 3.05) is 19.8 Å². The highest BCUT2D eigenvalue weighted by Crippen LogP contribution is 2.21. The maximum absolute atomic E-state index is 11.6. The number of ether oxygens (including phenoxy) is 1. The fraction of sp³-hybridized carbons (Fsp3) is 0.500. The van der Waals surface area contributed by atoms with Gasteiger partial charge in [-0.1, -0.05) is 11.7 Å². The van der Waals surface area contributed by atoms with E-state index in [1.54, 1.807) is 11.8 Å². The molecule has 2 rings (SSSR count). The lowest BCUT2D eigenvalue weighted by Gasteiger charge is -2.32. The van der Waals surface area contributed by atoms with Crippen LogP contribution in [0.5, 0.6) is 0 Å². The van der Waals surface area contributed by atoms with E-state index < -0.39 is 0 Å². The molecule has 0 spiro atoms. The van der Waals surface area contributed by atoms with Crippen molar-refractivity contribution < 1.29 is 14.1 Å². The van der Waals surface area contributed by atoms with Gasteiger partial charge in [-0.25, -0.2) is 0 Å². The van der Waals surface area contributed by atoms with E-state index in [2.05, 4.69) is 16.7 Å². The van der Waals surface area contributed by atoms with Crippen LogP contribution < -0.4 is 0 Å². The van der Waals surface area contributed by atoms with Crippen molar-refractivity contribution in [3.8, 4) is 0 Å². The summed E-state index contributed by atoms with van der Waals surface area (Å²) in [6, 6.07) is -0.281. The van der Waals surface area contributed by atoms with Crippen molar-refractivity contribution in [1.82, 2.24) is 15.0 Å². The Morgan fingerprint density at radius 3 is 3.12 bits per heavy atom. The van der Waals surface area contributed by atoms with Crippen molar-refractivity contribution >= 4 is 5.91 Å². The summed E-state index contributed by atoms with van der Waals surface area (Å²) in [6.07, 6.45) is 1.28. The maximum Gasteiger partial charge on any atom is 0.246 e. The normalized spacial score (nSPS) is 20.8. The molecule has 1 amide bonds. The second-order valence-electron chi connectivity index (χ2n) is 3.50. The van der Waals surface area contributed by atoms with Gasteiger partial charge in [0, 0.05) is 13.5 Å². The van der Waals surface area contributed by atoms with Gasteiger partial charge in [0.1, 0.15) is 6.04 Å². The van der Waals surface area contributed by atoms with Crippen LogP contribution in [-0.2, 0) is 9.53 Å². The smallest absolute Gasteiger partial charge is 0.246 e. The molecule has 0 N–H and O–H groups in total. The van der Waals surface area contributed by atoms with Gasteiger partial charge in [0.05, 0.1) is 13.2 Å². The number of aryl methyl sites for hydroxylation is 1. The summed E-state index contributed by atoms with van der Waals surface area (Å²) < 4.78 is 10.2. The first-order valence-corrected chi connectivity index (χ1v) is 5.03. The van der Waals surface area contributed by atoms with Crippen LogP contribution in [0.1, 0.15) is 17.8 Å². The first-order chi connectivity index (χ1) is 7.72. The van der Waals surface area contributed by atoms with Crippen LogP contribution in [-0.4, -0.2) is 40.7 Å². The zero-order valence-electron chi connectivity index (χ0n) is 9.05. The number of amides is 1. The Morgan fingerprint density at radius 1 is 1.69 bits per heavy atom. The third-order valence-electron chi connectivity index (χ3n) is 2.43. The SMILES string of the molecule is C=CC(=O)N1CCOC[C@H]1c1noc(C)n1. The van der Waals surface area contributed by atoms with Gasteiger partial charge in [0.15, 0.2) is 5.82 Å². The molecule has 1 aromatic heterocycles. The van der Waals surface area contributed by atoms with Crippen molar-refractivity contribution in [2.45, 2.75) is 13.0 Å². The highest BCUT2D eigenvalue weighted by atomic mass is 16.5. The third-order valence-corrected chi connectivity index (χ3v) is 2.43. The van der Waals surface area contributed by atoms with Crippen LogP contribution in [0.15, 0.2) is 17.2 Å². The Hall–Kier alpha value is -1.69. The van der Waals surface area contributed by atoms with Crippen LogP contribution in [0.2, 0.25) is 0 Å². The summed E-state index contributed by atoms with van der Waals surface area (Å²) in [6.45, 7) is 6.61. The summed E-state index contributed by atoms with van der Waals surface area (Å²) in [7, 11) is 0. The van der Waals surface area contributed by atoms with E-state index in [-0.39, 0.29) is 11.9 Å². The van der Waals surface area contributed by atoms with Crippen molar-refractivity contribution in [3.05, 3.63) is 24.4 Å². The molecule has 1 aliphatic rings. The zero-order valence-corrected chi connectivity index (χ0v) is 9.05. The van der Waals surface area contributed by atoms with E-state index in [1.807, 2.05) is 0 Å². The minimum absolute atomic E-state index is 0.143. The Balaban J connectivity index is 2.22. The minimum atomic E-state index is -0.281. The minimum Gasteiger partial charge on any atom is -0.377 e. The van der Waals surface area contributed by atoms with E-state index in [4.69, 9.17) is 9.26 Å². The quantitative estimate of drug-likeness (QED) is 0.681. The first kappa shape index (κ1) is 10.8. The summed E-state index contributed by atoms with van der Waals surface area (Å²) >= 11 is 0. The molecule has 0 aliphatic carbocycles. The van der Waals surface area contributed by atoms with E-state index in [9.17, 15) is 4.79 Å². The number of hydrogen-bond donors (Lipinski definition) is 0. The van der Waals surface area contributed by atoms with Crippen LogP contribution in [0.3, 0.4) is 0 Å². The van der Waals surface area contributed by atoms with E-state index in [0.29, 0.717) is 31.5 Å². The number of rotatable bonds is 2. The average Bonchev–Trinajstić information content (AvgIpc) is 2.75. The third kappa shape index (κ3) is 1.96. The molecule has 16 heavy (non-hydrogen) atoms. The lowest BCUT2D eigenvalue weighted by Crippen LogP contribution is -2.43. The topological polar surface area (TPSA) is 68.5 Å². The molecule has 0 aromatic carbocycles. The molecule has 0 radical (unpaired) electrons. The number of carbonyl (C=O) groups excluding carboxylic acids is 1. The standard InChI is InChI=1S/C10H13N3O3/c1-3-9(14)13-4-5-15-6-8(13)10-11-7(2)16-12-10/h3,8H,1,4-6H2,2H3/t8-/m0/s1. The molecular weight excluding hydrogens is 210 g/mol.